The molecule has 0 saturated heterocycles. The summed E-state index contributed by atoms with van der Waals surface area (Å²) in [6.45, 7) is 11.1. The van der Waals surface area contributed by atoms with Gasteiger partial charge in [0.25, 0.3) is 11.8 Å². The van der Waals surface area contributed by atoms with Crippen molar-refractivity contribution >= 4 is 34.6 Å². The number of amides is 2. The molecule has 0 unspecified atom stereocenters. The fraction of sp³-hybridized carbons (Fsp3) is 0.280. The number of hydrogen-bond donors (Lipinski definition) is 0. The zero-order chi connectivity index (χ0) is 41.3. The van der Waals surface area contributed by atoms with Crippen LogP contribution in [0.4, 0.5) is 22.7 Å². The van der Waals surface area contributed by atoms with Crippen molar-refractivity contribution in [2.75, 3.05) is 45.8 Å². The van der Waals surface area contributed by atoms with Gasteiger partial charge in [0.1, 0.15) is 34.1 Å². The summed E-state index contributed by atoms with van der Waals surface area (Å²) in [6, 6.07) is 33.3. The minimum atomic E-state index is -0.0775. The molecular formula is C50H50N6O4. The highest BCUT2D eigenvalue weighted by atomic mass is 16.5. The van der Waals surface area contributed by atoms with Crippen LogP contribution in [0, 0.1) is 27.7 Å². The highest BCUT2D eigenvalue weighted by Gasteiger charge is 2.37. The van der Waals surface area contributed by atoms with Crippen molar-refractivity contribution in [1.82, 2.24) is 9.97 Å². The van der Waals surface area contributed by atoms with Gasteiger partial charge in [-0.05, 0) is 124 Å². The number of fused-ring (bicyclic) bond motifs is 2. The standard InChI is InChI=1S/2C25H25N3O2/c2*1-17-7-8-18(2)24(15-17)30-23-11-12-26-16-20(23)25(29)28-14-13-27(19-9-10-19)21-5-3-4-6-22(21)28/h2*3-8,11-12,15-16,19H,9-10,13-14H2,1-2H3. The molecule has 4 aromatic carbocycles. The summed E-state index contributed by atoms with van der Waals surface area (Å²) in [6.07, 6.45) is 11.5. The second-order valence-corrected chi connectivity index (χ2v) is 16.2. The van der Waals surface area contributed by atoms with Gasteiger partial charge in [-0.2, -0.15) is 0 Å². The van der Waals surface area contributed by atoms with E-state index < -0.39 is 0 Å². The summed E-state index contributed by atoms with van der Waals surface area (Å²) in [5.74, 6) is 2.43. The molecular weight excluding hydrogens is 749 g/mol. The lowest BCUT2D eigenvalue weighted by molar-refractivity contribution is 0.0976. The molecule has 0 N–H and O–H groups in total. The fourth-order valence-electron chi connectivity index (χ4n) is 8.15. The van der Waals surface area contributed by atoms with Gasteiger partial charge >= 0.3 is 0 Å². The van der Waals surface area contributed by atoms with E-state index >= 15 is 0 Å². The van der Waals surface area contributed by atoms with Crippen LogP contribution in [0.2, 0.25) is 0 Å². The molecule has 10 nitrogen and oxygen atoms in total. The number of aromatic nitrogens is 2. The Balaban J connectivity index is 0.000000154. The summed E-state index contributed by atoms with van der Waals surface area (Å²) in [4.78, 5) is 44.2. The van der Waals surface area contributed by atoms with E-state index in [0.29, 0.717) is 47.8 Å². The lowest BCUT2D eigenvalue weighted by Gasteiger charge is -2.38. The molecule has 0 spiro atoms. The fourth-order valence-corrected chi connectivity index (χ4v) is 8.15. The molecule has 60 heavy (non-hydrogen) atoms. The Hall–Kier alpha value is -6.68. The second-order valence-electron chi connectivity index (χ2n) is 16.2. The lowest BCUT2D eigenvalue weighted by Crippen LogP contribution is -2.45. The third-order valence-corrected chi connectivity index (χ3v) is 11.7. The Bertz CT molecular complexity index is 2390. The zero-order valence-electron chi connectivity index (χ0n) is 34.7. The molecule has 10 heteroatoms. The molecule has 10 rings (SSSR count). The molecule has 2 saturated carbocycles. The van der Waals surface area contributed by atoms with Crippen molar-refractivity contribution in [3.05, 3.63) is 155 Å². The van der Waals surface area contributed by atoms with Crippen molar-refractivity contribution in [2.45, 2.75) is 65.5 Å². The summed E-state index contributed by atoms with van der Waals surface area (Å²) in [5.41, 5.74) is 9.44. The van der Waals surface area contributed by atoms with E-state index in [-0.39, 0.29) is 11.8 Å². The van der Waals surface area contributed by atoms with Gasteiger partial charge in [-0.3, -0.25) is 19.6 Å². The average molecular weight is 799 g/mol. The lowest BCUT2D eigenvalue weighted by atomic mass is 10.1. The molecule has 6 aromatic rings. The first-order valence-electron chi connectivity index (χ1n) is 21.0. The number of benzene rings is 4. The van der Waals surface area contributed by atoms with E-state index in [1.54, 1.807) is 36.9 Å². The van der Waals surface area contributed by atoms with Crippen LogP contribution < -0.4 is 29.1 Å². The molecule has 4 heterocycles. The van der Waals surface area contributed by atoms with Gasteiger partial charge in [0.05, 0.1) is 22.7 Å². The second kappa shape index (κ2) is 16.5. The Morgan fingerprint density at radius 1 is 0.500 bits per heavy atom. The Morgan fingerprint density at radius 3 is 1.30 bits per heavy atom. The third-order valence-electron chi connectivity index (χ3n) is 11.7. The van der Waals surface area contributed by atoms with Crippen LogP contribution >= 0.6 is 0 Å². The Kier molecular flexibility index (Phi) is 10.7. The highest BCUT2D eigenvalue weighted by Crippen LogP contribution is 2.43. The molecule has 0 radical (unpaired) electrons. The largest absolute Gasteiger partial charge is 0.456 e. The maximum Gasteiger partial charge on any atom is 0.263 e. The first-order valence-corrected chi connectivity index (χ1v) is 21.0. The number of pyridine rings is 2. The number of para-hydroxylation sites is 4. The molecule has 2 fully saturated rings. The number of aryl methyl sites for hydroxylation is 4. The predicted octanol–water partition coefficient (Wildman–Crippen LogP) is 10.2. The van der Waals surface area contributed by atoms with Crippen LogP contribution in [-0.2, 0) is 0 Å². The molecule has 304 valence electrons. The molecule has 2 aromatic heterocycles. The van der Waals surface area contributed by atoms with Gasteiger partial charge in [0.2, 0.25) is 0 Å². The number of anilines is 4. The number of nitrogens with zero attached hydrogens (tertiary/aromatic N) is 6. The van der Waals surface area contributed by atoms with E-state index in [1.165, 1.54) is 25.7 Å². The number of carbonyl (C=O) groups is 2. The smallest absolute Gasteiger partial charge is 0.263 e. The maximum atomic E-state index is 13.6. The van der Waals surface area contributed by atoms with Crippen molar-refractivity contribution in [1.29, 1.82) is 0 Å². The van der Waals surface area contributed by atoms with E-state index in [4.69, 9.17) is 9.47 Å². The SMILES string of the molecule is Cc1ccc(C)c(Oc2ccncc2C(=O)N2CCN(C3CC3)c3ccccc32)c1.Cc1ccc(C)c(Oc2ccncc2C(=O)N2CCN(C3CC3)c3ccccc32)c1. The van der Waals surface area contributed by atoms with Crippen LogP contribution in [0.15, 0.2) is 122 Å². The average Bonchev–Trinajstić information content (AvgIpc) is 4.22. The zero-order valence-corrected chi connectivity index (χ0v) is 34.7. The molecule has 0 atom stereocenters. The van der Waals surface area contributed by atoms with Gasteiger partial charge in [0, 0.05) is 63.1 Å². The van der Waals surface area contributed by atoms with E-state index in [1.807, 2.05) is 98.2 Å². The van der Waals surface area contributed by atoms with Crippen LogP contribution in [0.5, 0.6) is 23.0 Å². The molecule has 0 bridgehead atoms. The quantitative estimate of drug-likeness (QED) is 0.150. The first kappa shape index (κ1) is 38.8. The van der Waals surface area contributed by atoms with Gasteiger partial charge in [-0.1, -0.05) is 48.5 Å². The molecule has 2 amide bonds. The molecule has 4 aliphatic rings. The molecule has 2 aliphatic heterocycles. The Labute approximate surface area is 352 Å². The number of carbonyl (C=O) groups excluding carboxylic acids is 2. The topological polar surface area (TPSA) is 91.3 Å². The monoisotopic (exact) mass is 798 g/mol. The summed E-state index contributed by atoms with van der Waals surface area (Å²) in [5, 5.41) is 0. The van der Waals surface area contributed by atoms with Crippen LogP contribution in [0.3, 0.4) is 0 Å². The summed E-state index contributed by atoms with van der Waals surface area (Å²) < 4.78 is 12.4. The molecule has 2 aliphatic carbocycles. The third kappa shape index (κ3) is 8.02. The van der Waals surface area contributed by atoms with Gasteiger partial charge in [0.15, 0.2) is 0 Å². The van der Waals surface area contributed by atoms with Crippen molar-refractivity contribution in [2.24, 2.45) is 0 Å². The minimum Gasteiger partial charge on any atom is -0.456 e. The minimum absolute atomic E-state index is 0.0775. The predicted molar refractivity (Wildman–Crippen MR) is 237 cm³/mol. The van der Waals surface area contributed by atoms with Crippen molar-refractivity contribution < 1.29 is 19.1 Å². The first-order chi connectivity index (χ1) is 29.2. The van der Waals surface area contributed by atoms with E-state index in [2.05, 4.69) is 44.0 Å². The van der Waals surface area contributed by atoms with Crippen molar-refractivity contribution in [3.8, 4) is 23.0 Å². The summed E-state index contributed by atoms with van der Waals surface area (Å²) >= 11 is 0. The van der Waals surface area contributed by atoms with Crippen LogP contribution in [-0.4, -0.2) is 60.0 Å². The van der Waals surface area contributed by atoms with Crippen LogP contribution in [0.25, 0.3) is 0 Å². The number of hydrogen-bond acceptors (Lipinski definition) is 8. The van der Waals surface area contributed by atoms with Gasteiger partial charge in [-0.15, -0.1) is 0 Å². The highest BCUT2D eigenvalue weighted by molar-refractivity contribution is 6.10. The maximum absolute atomic E-state index is 13.6. The van der Waals surface area contributed by atoms with Gasteiger partial charge in [-0.25, -0.2) is 0 Å². The van der Waals surface area contributed by atoms with E-state index in [9.17, 15) is 9.59 Å². The normalized spacial score (nSPS) is 15.7. The van der Waals surface area contributed by atoms with E-state index in [0.717, 1.165) is 69.6 Å². The van der Waals surface area contributed by atoms with Crippen LogP contribution in [0.1, 0.15) is 68.7 Å². The van der Waals surface area contributed by atoms with Crippen molar-refractivity contribution in [3.63, 3.8) is 0 Å². The number of rotatable bonds is 8. The summed E-state index contributed by atoms with van der Waals surface area (Å²) in [7, 11) is 0. The Morgan fingerprint density at radius 2 is 0.900 bits per heavy atom. The van der Waals surface area contributed by atoms with Gasteiger partial charge < -0.3 is 29.1 Å². The number of ether oxygens (including phenoxy) is 2.